The van der Waals surface area contributed by atoms with Crippen LogP contribution in [0.2, 0.25) is 0 Å². The summed E-state index contributed by atoms with van der Waals surface area (Å²) >= 11 is 3.27. The van der Waals surface area contributed by atoms with Gasteiger partial charge in [0.05, 0.1) is 27.0 Å². The van der Waals surface area contributed by atoms with Crippen LogP contribution in [0.25, 0.3) is 67.8 Å². The minimum Gasteiger partial charge on any atom is -0.406 e. The van der Waals surface area contributed by atoms with Gasteiger partial charge in [0.15, 0.2) is 11.6 Å². The Morgan fingerprint density at radius 3 is 1.57 bits per heavy atom. The van der Waals surface area contributed by atoms with Gasteiger partial charge in [-0.15, -0.1) is 35.8 Å². The highest BCUT2D eigenvalue weighted by molar-refractivity contribution is 7.10. The van der Waals surface area contributed by atoms with Crippen LogP contribution in [0.5, 0.6) is 5.75 Å². The molecule has 10 aromatic rings. The van der Waals surface area contributed by atoms with Gasteiger partial charge in [0, 0.05) is 108 Å². The van der Waals surface area contributed by atoms with Crippen molar-refractivity contribution in [1.29, 1.82) is 0 Å². The molecule has 2 fully saturated rings. The average Bonchev–Trinajstić information content (AvgIpc) is 1.87. The summed E-state index contributed by atoms with van der Waals surface area (Å²) in [5.74, 6) is 1.68. The van der Waals surface area contributed by atoms with Crippen LogP contribution in [0.1, 0.15) is 105 Å². The van der Waals surface area contributed by atoms with Gasteiger partial charge in [-0.3, -0.25) is 14.6 Å². The Bertz CT molecular complexity index is 4070. The van der Waals surface area contributed by atoms with E-state index >= 15 is 0 Å². The second-order valence-corrected chi connectivity index (χ2v) is 23.6. The van der Waals surface area contributed by atoms with Gasteiger partial charge in [0.1, 0.15) is 17.1 Å². The van der Waals surface area contributed by atoms with E-state index < -0.39 is 18.1 Å². The maximum absolute atomic E-state index is 13.8. The number of rotatable bonds is 13. The number of thiazole rings is 2. The lowest BCUT2D eigenvalue weighted by molar-refractivity contribution is -0.274. The molecule has 12 rings (SSSR count). The first-order chi connectivity index (χ1) is 42.4. The molecule has 0 N–H and O–H groups in total. The Kier molecular flexibility index (Phi) is 17.9. The molecule has 452 valence electrons. The summed E-state index contributed by atoms with van der Waals surface area (Å²) in [6.07, 6.45) is -2.45. The van der Waals surface area contributed by atoms with Crippen LogP contribution in [0.4, 0.5) is 26.3 Å². The number of aryl methyl sites for hydroxylation is 1. The normalized spacial score (nSPS) is 14.2. The van der Waals surface area contributed by atoms with Gasteiger partial charge in [0.25, 0.3) is 11.8 Å². The quantitative estimate of drug-likeness (QED) is 0.105. The lowest BCUT2D eigenvalue weighted by Gasteiger charge is -2.32. The van der Waals surface area contributed by atoms with Crippen LogP contribution in [0.15, 0.2) is 157 Å². The predicted molar refractivity (Wildman–Crippen MR) is 332 cm³/mol. The van der Waals surface area contributed by atoms with Crippen molar-refractivity contribution in [2.45, 2.75) is 97.8 Å². The van der Waals surface area contributed by atoms with Crippen molar-refractivity contribution in [2.24, 2.45) is 0 Å². The Morgan fingerprint density at radius 2 is 1.05 bits per heavy atom. The fourth-order valence-corrected chi connectivity index (χ4v) is 13.8. The van der Waals surface area contributed by atoms with Gasteiger partial charge in [-0.25, -0.2) is 19.9 Å². The van der Waals surface area contributed by atoms with Crippen LogP contribution in [-0.2, 0) is 19.3 Å². The van der Waals surface area contributed by atoms with E-state index in [4.69, 9.17) is 19.9 Å². The number of ether oxygens (including phenoxy) is 1. The highest BCUT2D eigenvalue weighted by Crippen LogP contribution is 2.40. The first-order valence-corrected chi connectivity index (χ1v) is 31.0. The summed E-state index contributed by atoms with van der Waals surface area (Å²) in [5.41, 5.74) is 11.6. The Hall–Kier alpha value is -8.75. The van der Waals surface area contributed by atoms with E-state index in [2.05, 4.69) is 69.4 Å². The van der Waals surface area contributed by atoms with Gasteiger partial charge < -0.3 is 23.7 Å². The van der Waals surface area contributed by atoms with E-state index in [9.17, 15) is 35.9 Å². The number of nitrogens with zero attached hydrogens (tertiary/aromatic N) is 9. The van der Waals surface area contributed by atoms with Crippen molar-refractivity contribution in [3.63, 3.8) is 0 Å². The zero-order valence-electron chi connectivity index (χ0n) is 49.1. The van der Waals surface area contributed by atoms with Crippen molar-refractivity contribution in [3.05, 3.63) is 200 Å². The van der Waals surface area contributed by atoms with E-state index in [1.165, 1.54) is 24.3 Å². The molecule has 2 aliphatic heterocycles. The number of aromatic nitrogens is 7. The van der Waals surface area contributed by atoms with E-state index in [1.54, 1.807) is 71.3 Å². The average molecular weight is 1230 g/mol. The first-order valence-electron chi connectivity index (χ1n) is 29.2. The predicted octanol–water partition coefficient (Wildman–Crippen LogP) is 17.0. The number of carbonyl (C=O) groups excluding carboxylic acids is 2. The molecule has 88 heavy (non-hydrogen) atoms. The fraction of sp³-hybridized carbons (Fsp3) is 0.279. The Labute approximate surface area is 514 Å². The third kappa shape index (κ3) is 13.1. The van der Waals surface area contributed by atoms with Crippen molar-refractivity contribution in [1.82, 2.24) is 43.9 Å². The molecule has 2 aliphatic rings. The molecule has 5 aromatic carbocycles. The van der Waals surface area contributed by atoms with Crippen LogP contribution >= 0.6 is 22.7 Å². The maximum atomic E-state index is 13.8. The largest absolute Gasteiger partial charge is 0.573 e. The lowest BCUT2D eigenvalue weighted by atomic mass is 9.92. The lowest BCUT2D eigenvalue weighted by Crippen LogP contribution is -2.38. The third-order valence-electron chi connectivity index (χ3n) is 16.4. The first kappa shape index (κ1) is 60.9. The zero-order chi connectivity index (χ0) is 61.9. The molecule has 20 heteroatoms. The number of hydrogen-bond donors (Lipinski definition) is 0. The van der Waals surface area contributed by atoms with Crippen molar-refractivity contribution in [2.75, 3.05) is 26.2 Å². The number of likely N-dealkylation sites (tertiary alicyclic amines) is 2. The third-order valence-corrected chi connectivity index (χ3v) is 18.4. The standard InChI is InChI=1S/C35H33F3N4O2S.C33H30F3N5OS/c1-4-42-23(3)31(25-10-6-5-7-11-25)40-32(42)29-21-45-33(39-29)26-17-19-41(20-18-26)34(43)28-12-8-9-22(2)30(28)24-13-15-27(16-14-24)44-35(36,37)38;1-3-41-21(2)29(24-7-6-16-37-19-24)39-30(41)28-20-43-31(38-28)23-14-17-40(18-15-23)32(42)27-9-5-4-8-26(27)22-10-12-25(13-11-22)33(34,35)36/h5-16,21,26H,4,17-20H2,1-3H3;4-13,16,19-20,23H,3,14-15,17-18H2,1-2H3. The van der Waals surface area contributed by atoms with Crippen LogP contribution in [-0.4, -0.2) is 88.2 Å². The number of piperidine rings is 2. The van der Waals surface area contributed by atoms with Crippen LogP contribution < -0.4 is 4.74 Å². The maximum Gasteiger partial charge on any atom is 0.573 e. The van der Waals surface area contributed by atoms with E-state index in [0.29, 0.717) is 59.6 Å². The summed E-state index contributed by atoms with van der Waals surface area (Å²) < 4.78 is 85.5. The van der Waals surface area contributed by atoms with E-state index in [1.807, 2.05) is 65.4 Å². The van der Waals surface area contributed by atoms with Gasteiger partial charge in [-0.2, -0.15) is 13.2 Å². The minimum atomic E-state index is -4.76. The molecule has 0 saturated carbocycles. The van der Waals surface area contributed by atoms with Crippen LogP contribution in [0.3, 0.4) is 0 Å². The minimum absolute atomic E-state index is 0.0866. The number of hydrogen-bond acceptors (Lipinski definition) is 10. The molecule has 7 heterocycles. The molecule has 12 nitrogen and oxygen atoms in total. The second kappa shape index (κ2) is 25.9. The number of benzene rings is 5. The van der Waals surface area contributed by atoms with Gasteiger partial charge in [-0.1, -0.05) is 84.9 Å². The number of alkyl halides is 6. The van der Waals surface area contributed by atoms with Gasteiger partial charge in [0.2, 0.25) is 0 Å². The summed E-state index contributed by atoms with van der Waals surface area (Å²) in [6.45, 7) is 14.2. The Balaban J connectivity index is 0.000000182. The molecule has 5 aromatic heterocycles. The summed E-state index contributed by atoms with van der Waals surface area (Å²) in [4.78, 5) is 55.3. The number of pyridine rings is 1. The topological polar surface area (TPSA) is 124 Å². The highest BCUT2D eigenvalue weighted by atomic mass is 32.1. The Morgan fingerprint density at radius 1 is 0.545 bits per heavy atom. The monoisotopic (exact) mass is 1230 g/mol. The van der Waals surface area contributed by atoms with Crippen molar-refractivity contribution >= 4 is 34.5 Å². The molecule has 2 saturated heterocycles. The summed E-state index contributed by atoms with van der Waals surface area (Å²) in [6, 6.07) is 37.3. The number of halogens is 6. The van der Waals surface area contributed by atoms with Crippen molar-refractivity contribution < 1.29 is 40.7 Å². The van der Waals surface area contributed by atoms with E-state index in [0.717, 1.165) is 123 Å². The summed E-state index contributed by atoms with van der Waals surface area (Å²) in [7, 11) is 0. The molecule has 0 spiro atoms. The number of amides is 2. The summed E-state index contributed by atoms with van der Waals surface area (Å²) in [5, 5.41) is 6.24. The molecule has 0 bridgehead atoms. The van der Waals surface area contributed by atoms with E-state index in [-0.39, 0.29) is 29.4 Å². The van der Waals surface area contributed by atoms with Gasteiger partial charge in [-0.05, 0) is 137 Å². The molecule has 0 atom stereocenters. The molecular formula is C68H63F6N9O3S2. The van der Waals surface area contributed by atoms with Crippen LogP contribution in [0, 0.1) is 20.8 Å². The number of imidazole rings is 2. The van der Waals surface area contributed by atoms with Gasteiger partial charge >= 0.3 is 12.5 Å². The zero-order valence-corrected chi connectivity index (χ0v) is 50.7. The fourth-order valence-electron chi connectivity index (χ4n) is 11.8. The number of carbonyl (C=O) groups is 2. The molecule has 0 aliphatic carbocycles. The molecule has 0 unspecified atom stereocenters. The molecule has 2 amide bonds. The smallest absolute Gasteiger partial charge is 0.406 e. The molecule has 0 radical (unpaired) electrons. The van der Waals surface area contributed by atoms with Crippen molar-refractivity contribution in [3.8, 4) is 73.6 Å². The highest BCUT2D eigenvalue weighted by Gasteiger charge is 2.34. The molecular weight excluding hydrogens is 1170 g/mol. The SMILES string of the molecule is CCn1c(-c2csc(C3CCN(C(=O)c4cccc(C)c4-c4ccc(OC(F)(F)F)cc4)CC3)n2)nc(-c2ccccc2)c1C.CCn1c(-c2csc(C3CCN(C(=O)c4ccccc4-c4ccc(C(F)(F)F)cc4)CC3)n2)nc(-c2cccnc2)c1C. The second-order valence-electron chi connectivity index (χ2n) is 21.8.